The molecule has 20 heavy (non-hydrogen) atoms. The Kier molecular flexibility index (Phi) is 4.30. The monoisotopic (exact) mass is 272 g/mol. The van der Waals surface area contributed by atoms with Gasteiger partial charge in [0.2, 0.25) is 0 Å². The van der Waals surface area contributed by atoms with E-state index in [1.54, 1.807) is 0 Å². The quantitative estimate of drug-likeness (QED) is 0.812. The van der Waals surface area contributed by atoms with Crippen LogP contribution < -0.4 is 4.90 Å². The molecule has 0 radical (unpaired) electrons. The molecule has 0 saturated carbocycles. The van der Waals surface area contributed by atoms with E-state index in [2.05, 4.69) is 48.0 Å². The Morgan fingerprint density at radius 1 is 0.850 bits per heavy atom. The molecule has 1 aromatic carbocycles. The fourth-order valence-corrected chi connectivity index (χ4v) is 4.03. The topological polar surface area (TPSA) is 6.48 Å². The fourth-order valence-electron chi connectivity index (χ4n) is 4.03. The lowest BCUT2D eigenvalue weighted by molar-refractivity contribution is 0.154. The van der Waals surface area contributed by atoms with Crippen molar-refractivity contribution in [3.63, 3.8) is 0 Å². The molecule has 2 aliphatic heterocycles. The predicted molar refractivity (Wildman–Crippen MR) is 86.3 cm³/mol. The molecule has 2 aliphatic rings. The van der Waals surface area contributed by atoms with Crippen LogP contribution in [0.4, 0.5) is 5.69 Å². The van der Waals surface area contributed by atoms with Gasteiger partial charge in [-0.3, -0.25) is 0 Å². The number of anilines is 1. The van der Waals surface area contributed by atoms with Gasteiger partial charge in [-0.15, -0.1) is 0 Å². The van der Waals surface area contributed by atoms with Crippen molar-refractivity contribution in [3.8, 4) is 0 Å². The van der Waals surface area contributed by atoms with Crippen LogP contribution in [0.25, 0.3) is 0 Å². The highest BCUT2D eigenvalue weighted by atomic mass is 15.1. The highest BCUT2D eigenvalue weighted by molar-refractivity contribution is 5.53. The summed E-state index contributed by atoms with van der Waals surface area (Å²) in [5.41, 5.74) is 2.87. The average Bonchev–Trinajstić information content (AvgIpc) is 2.49. The maximum absolute atomic E-state index is 2.60. The highest BCUT2D eigenvalue weighted by Crippen LogP contribution is 2.34. The molecule has 0 spiro atoms. The molecule has 2 fully saturated rings. The third-order valence-corrected chi connectivity index (χ3v) is 5.43. The second kappa shape index (κ2) is 6.17. The van der Waals surface area contributed by atoms with E-state index in [0.29, 0.717) is 0 Å². The van der Waals surface area contributed by atoms with Gasteiger partial charge in [-0.2, -0.15) is 0 Å². The second-order valence-corrected chi connectivity index (χ2v) is 6.75. The van der Waals surface area contributed by atoms with Crippen LogP contribution >= 0.6 is 0 Å². The third-order valence-electron chi connectivity index (χ3n) is 5.43. The van der Waals surface area contributed by atoms with Crippen molar-refractivity contribution in [1.82, 2.24) is 4.90 Å². The zero-order valence-corrected chi connectivity index (χ0v) is 13.0. The number of hydrogen-bond donors (Lipinski definition) is 0. The first-order valence-electron chi connectivity index (χ1n) is 8.23. The number of piperidine rings is 2. The molecule has 2 saturated heterocycles. The zero-order valence-electron chi connectivity index (χ0n) is 13.0. The van der Waals surface area contributed by atoms with Crippen LogP contribution in [-0.2, 0) is 0 Å². The van der Waals surface area contributed by atoms with E-state index < -0.39 is 0 Å². The van der Waals surface area contributed by atoms with E-state index in [4.69, 9.17) is 0 Å². The minimum Gasteiger partial charge on any atom is -0.371 e. The van der Waals surface area contributed by atoms with Gasteiger partial charge in [-0.1, -0.05) is 18.2 Å². The summed E-state index contributed by atoms with van der Waals surface area (Å²) in [5.74, 6) is 1.97. The SMILES string of the molecule is Cc1ccccc1N1CCC(C2CCN(C)CC2)CC1. The average molecular weight is 272 g/mol. The number of benzene rings is 1. The van der Waals surface area contributed by atoms with Crippen LogP contribution in [0.2, 0.25) is 0 Å². The maximum atomic E-state index is 2.60. The molecule has 0 atom stereocenters. The van der Waals surface area contributed by atoms with E-state index in [9.17, 15) is 0 Å². The molecular formula is C18H28N2. The van der Waals surface area contributed by atoms with Gasteiger partial charge in [0.1, 0.15) is 0 Å². The first kappa shape index (κ1) is 13.9. The Balaban J connectivity index is 1.56. The third kappa shape index (κ3) is 3.01. The van der Waals surface area contributed by atoms with Gasteiger partial charge in [-0.25, -0.2) is 0 Å². The van der Waals surface area contributed by atoms with Crippen molar-refractivity contribution < 1.29 is 0 Å². The zero-order chi connectivity index (χ0) is 13.9. The predicted octanol–water partition coefficient (Wildman–Crippen LogP) is 3.55. The fraction of sp³-hybridized carbons (Fsp3) is 0.667. The summed E-state index contributed by atoms with van der Waals surface area (Å²) in [5, 5.41) is 0. The summed E-state index contributed by atoms with van der Waals surface area (Å²) >= 11 is 0. The summed E-state index contributed by atoms with van der Waals surface area (Å²) in [6.45, 7) is 7.35. The summed E-state index contributed by atoms with van der Waals surface area (Å²) in [7, 11) is 2.26. The van der Waals surface area contributed by atoms with E-state index in [1.807, 2.05) is 0 Å². The van der Waals surface area contributed by atoms with Gasteiger partial charge in [0.25, 0.3) is 0 Å². The van der Waals surface area contributed by atoms with Gasteiger partial charge in [0, 0.05) is 18.8 Å². The lowest BCUT2D eigenvalue weighted by atomic mass is 9.79. The Hall–Kier alpha value is -1.02. The van der Waals surface area contributed by atoms with Crippen LogP contribution in [0.5, 0.6) is 0 Å². The molecule has 2 nitrogen and oxygen atoms in total. The Labute approximate surface area is 123 Å². The van der Waals surface area contributed by atoms with E-state index in [0.717, 1.165) is 11.8 Å². The number of nitrogens with zero attached hydrogens (tertiary/aromatic N) is 2. The number of aryl methyl sites for hydroxylation is 1. The first-order chi connectivity index (χ1) is 9.74. The molecule has 0 unspecified atom stereocenters. The minimum absolute atomic E-state index is 0.976. The maximum Gasteiger partial charge on any atom is 0.0395 e. The van der Waals surface area contributed by atoms with Crippen molar-refractivity contribution in [2.24, 2.45) is 11.8 Å². The van der Waals surface area contributed by atoms with Crippen molar-refractivity contribution in [2.45, 2.75) is 32.6 Å². The summed E-state index contributed by atoms with van der Waals surface area (Å²) < 4.78 is 0. The summed E-state index contributed by atoms with van der Waals surface area (Å²) in [6.07, 6.45) is 5.63. The van der Waals surface area contributed by atoms with Crippen molar-refractivity contribution >= 4 is 5.69 Å². The van der Waals surface area contributed by atoms with Crippen molar-refractivity contribution in [2.75, 3.05) is 38.1 Å². The van der Waals surface area contributed by atoms with E-state index in [-0.39, 0.29) is 0 Å². The molecule has 110 valence electrons. The molecule has 0 aliphatic carbocycles. The van der Waals surface area contributed by atoms with Gasteiger partial charge in [0.05, 0.1) is 0 Å². The van der Waals surface area contributed by atoms with Crippen LogP contribution in [0.15, 0.2) is 24.3 Å². The van der Waals surface area contributed by atoms with E-state index in [1.165, 1.54) is 63.1 Å². The van der Waals surface area contributed by atoms with Crippen LogP contribution in [-0.4, -0.2) is 38.1 Å². The van der Waals surface area contributed by atoms with Crippen LogP contribution in [0.1, 0.15) is 31.2 Å². The number of rotatable bonds is 2. The highest BCUT2D eigenvalue weighted by Gasteiger charge is 2.28. The molecular weight excluding hydrogens is 244 g/mol. The molecule has 3 rings (SSSR count). The Morgan fingerprint density at radius 2 is 1.40 bits per heavy atom. The standard InChI is InChI=1S/C18H28N2/c1-15-5-3-4-6-18(15)20-13-9-17(10-14-20)16-7-11-19(2)12-8-16/h3-6,16-17H,7-14H2,1-2H3. The molecule has 2 heteroatoms. The normalized spacial score (nSPS) is 23.2. The van der Waals surface area contributed by atoms with Crippen LogP contribution in [0, 0.1) is 18.8 Å². The van der Waals surface area contributed by atoms with E-state index >= 15 is 0 Å². The molecule has 1 aromatic rings. The minimum atomic E-state index is 0.976. The second-order valence-electron chi connectivity index (χ2n) is 6.75. The smallest absolute Gasteiger partial charge is 0.0395 e. The Morgan fingerprint density at radius 3 is 2.00 bits per heavy atom. The number of hydrogen-bond acceptors (Lipinski definition) is 2. The van der Waals surface area contributed by atoms with Crippen molar-refractivity contribution in [1.29, 1.82) is 0 Å². The lowest BCUT2D eigenvalue weighted by Gasteiger charge is -2.40. The molecule has 0 N–H and O–H groups in total. The molecule has 0 amide bonds. The van der Waals surface area contributed by atoms with Gasteiger partial charge in [-0.05, 0) is 76.2 Å². The van der Waals surface area contributed by atoms with Gasteiger partial charge in [0.15, 0.2) is 0 Å². The van der Waals surface area contributed by atoms with Gasteiger partial charge >= 0.3 is 0 Å². The first-order valence-corrected chi connectivity index (χ1v) is 8.23. The molecule has 0 aromatic heterocycles. The summed E-state index contributed by atoms with van der Waals surface area (Å²) in [4.78, 5) is 5.08. The lowest BCUT2D eigenvalue weighted by Crippen LogP contribution is -2.40. The number of likely N-dealkylation sites (tertiary alicyclic amines) is 1. The van der Waals surface area contributed by atoms with Crippen molar-refractivity contribution in [3.05, 3.63) is 29.8 Å². The summed E-state index contributed by atoms with van der Waals surface area (Å²) in [6, 6.07) is 8.83. The molecule has 2 heterocycles. The largest absolute Gasteiger partial charge is 0.371 e. The Bertz CT molecular complexity index is 427. The molecule has 0 bridgehead atoms. The number of para-hydroxylation sites is 1. The van der Waals surface area contributed by atoms with Gasteiger partial charge < -0.3 is 9.80 Å². The van der Waals surface area contributed by atoms with Crippen LogP contribution in [0.3, 0.4) is 0 Å².